The molecule has 0 radical (unpaired) electrons. The summed E-state index contributed by atoms with van der Waals surface area (Å²) in [5.41, 5.74) is 2.85. The third-order valence-electron chi connectivity index (χ3n) is 5.38. The van der Waals surface area contributed by atoms with Gasteiger partial charge in [-0.3, -0.25) is 14.2 Å². The third kappa shape index (κ3) is 3.96. The van der Waals surface area contributed by atoms with E-state index in [-0.39, 0.29) is 18.0 Å². The summed E-state index contributed by atoms with van der Waals surface area (Å²) >= 11 is 1.30. The van der Waals surface area contributed by atoms with Gasteiger partial charge in [-0.05, 0) is 43.3 Å². The highest BCUT2D eigenvalue weighted by Gasteiger charge is 2.17. The highest BCUT2D eigenvalue weighted by Crippen LogP contribution is 2.31. The fourth-order valence-electron chi connectivity index (χ4n) is 3.69. The molecule has 0 aliphatic rings. The molecule has 0 fully saturated rings. The van der Waals surface area contributed by atoms with Crippen LogP contribution in [0.2, 0.25) is 0 Å². The predicted octanol–water partition coefficient (Wildman–Crippen LogP) is 4.63. The third-order valence-corrected chi connectivity index (χ3v) is 6.45. The molecule has 1 N–H and O–H groups in total. The van der Waals surface area contributed by atoms with Gasteiger partial charge in [0.25, 0.3) is 5.56 Å². The lowest BCUT2D eigenvalue weighted by Crippen LogP contribution is -2.29. The summed E-state index contributed by atoms with van der Waals surface area (Å²) in [6, 6.07) is 20.8. The van der Waals surface area contributed by atoms with Crippen molar-refractivity contribution in [3.05, 3.63) is 82.9 Å². The van der Waals surface area contributed by atoms with Crippen LogP contribution in [-0.4, -0.2) is 27.6 Å². The van der Waals surface area contributed by atoms with E-state index >= 15 is 0 Å². The molecule has 0 saturated heterocycles. The molecule has 0 spiro atoms. The Kier molecular flexibility index (Phi) is 5.35. The molecular weight excluding hydrogens is 436 g/mol. The van der Waals surface area contributed by atoms with E-state index in [0.717, 1.165) is 21.5 Å². The minimum absolute atomic E-state index is 0.128. The van der Waals surface area contributed by atoms with Crippen molar-refractivity contribution < 1.29 is 9.53 Å². The van der Waals surface area contributed by atoms with Crippen LogP contribution in [0.3, 0.4) is 0 Å². The summed E-state index contributed by atoms with van der Waals surface area (Å²) in [6.45, 7) is 1.60. The van der Waals surface area contributed by atoms with Gasteiger partial charge in [0, 0.05) is 16.6 Å². The smallest absolute Gasteiger partial charge is 0.272 e. The Bertz CT molecular complexity index is 1540. The first-order valence-corrected chi connectivity index (χ1v) is 11.1. The predicted molar refractivity (Wildman–Crippen MR) is 131 cm³/mol. The van der Waals surface area contributed by atoms with Crippen molar-refractivity contribution in [3.8, 4) is 17.0 Å². The lowest BCUT2D eigenvalue weighted by molar-refractivity contribution is -0.116. The molecule has 164 valence electrons. The number of hydrogen-bond donors (Lipinski definition) is 1. The van der Waals surface area contributed by atoms with Gasteiger partial charge in [-0.25, -0.2) is 9.97 Å². The topological polar surface area (TPSA) is 86.1 Å². The number of carbonyl (C=O) groups excluding carboxylic acids is 1. The number of amides is 1. The molecular formula is C25H20N4O3S. The number of nitrogens with one attached hydrogen (secondary N) is 1. The molecule has 0 aliphatic carbocycles. The standard InChI is InChI=1S/C25H20N4O3S/c1-15-26-22-19-12-13-20(16-6-4-3-5-7-16)28-24(19)33-23(22)25(31)29(15)14-21(30)27-17-8-10-18(32-2)11-9-17/h3-13H,14H2,1-2H3,(H,27,30). The largest absolute Gasteiger partial charge is 0.497 e. The molecule has 5 rings (SSSR count). The average molecular weight is 457 g/mol. The second-order valence-electron chi connectivity index (χ2n) is 7.52. The second kappa shape index (κ2) is 8.48. The van der Waals surface area contributed by atoms with Gasteiger partial charge in [-0.15, -0.1) is 11.3 Å². The average Bonchev–Trinajstić information content (AvgIpc) is 3.20. The number of methoxy groups -OCH3 is 1. The molecule has 5 aromatic rings. The zero-order chi connectivity index (χ0) is 22.9. The number of thiophene rings is 1. The number of benzene rings is 2. The van der Waals surface area contributed by atoms with Gasteiger partial charge in [0.05, 0.1) is 18.3 Å². The van der Waals surface area contributed by atoms with Crippen molar-refractivity contribution in [1.82, 2.24) is 14.5 Å². The van der Waals surface area contributed by atoms with E-state index in [1.807, 2.05) is 42.5 Å². The van der Waals surface area contributed by atoms with Crippen LogP contribution in [0.5, 0.6) is 5.75 Å². The highest BCUT2D eigenvalue weighted by molar-refractivity contribution is 7.25. The maximum absolute atomic E-state index is 13.3. The summed E-state index contributed by atoms with van der Waals surface area (Å²) < 4.78 is 7.02. The first-order valence-electron chi connectivity index (χ1n) is 10.3. The van der Waals surface area contributed by atoms with Crippen molar-refractivity contribution in [3.63, 3.8) is 0 Å². The quantitative estimate of drug-likeness (QED) is 0.417. The Balaban J connectivity index is 1.48. The monoisotopic (exact) mass is 456 g/mol. The van der Waals surface area contributed by atoms with Gasteiger partial charge in [-0.2, -0.15) is 0 Å². The molecule has 0 aliphatic heterocycles. The van der Waals surface area contributed by atoms with Gasteiger partial charge >= 0.3 is 0 Å². The van der Waals surface area contributed by atoms with Gasteiger partial charge in [0.1, 0.15) is 27.6 Å². The molecule has 7 nitrogen and oxygen atoms in total. The van der Waals surface area contributed by atoms with E-state index < -0.39 is 0 Å². The summed E-state index contributed by atoms with van der Waals surface area (Å²) in [5.74, 6) is 0.866. The number of pyridine rings is 1. The van der Waals surface area contributed by atoms with Crippen molar-refractivity contribution in [2.45, 2.75) is 13.5 Å². The van der Waals surface area contributed by atoms with Gasteiger partial charge in [-0.1, -0.05) is 30.3 Å². The van der Waals surface area contributed by atoms with Crippen LogP contribution in [0.1, 0.15) is 5.82 Å². The number of fused-ring (bicyclic) bond motifs is 3. The van der Waals surface area contributed by atoms with E-state index in [0.29, 0.717) is 27.5 Å². The zero-order valence-corrected chi connectivity index (χ0v) is 18.8. The minimum atomic E-state index is -0.308. The Morgan fingerprint density at radius 1 is 1.03 bits per heavy atom. The van der Waals surface area contributed by atoms with Crippen LogP contribution >= 0.6 is 11.3 Å². The number of aryl methyl sites for hydroxylation is 1. The van der Waals surface area contributed by atoms with Gasteiger partial charge < -0.3 is 10.1 Å². The normalized spacial score (nSPS) is 11.1. The van der Waals surface area contributed by atoms with Crippen molar-refractivity contribution >= 4 is 43.4 Å². The summed E-state index contributed by atoms with van der Waals surface area (Å²) in [7, 11) is 1.58. The number of nitrogens with zero attached hydrogens (tertiary/aromatic N) is 3. The van der Waals surface area contributed by atoms with Crippen molar-refractivity contribution in [2.75, 3.05) is 12.4 Å². The molecule has 0 unspecified atom stereocenters. The molecule has 0 bridgehead atoms. The lowest BCUT2D eigenvalue weighted by Gasteiger charge is -2.10. The minimum Gasteiger partial charge on any atom is -0.497 e. The first kappa shape index (κ1) is 20.8. The SMILES string of the molecule is COc1ccc(NC(=O)Cn2c(C)nc3c(sc4nc(-c5ccccc5)ccc43)c2=O)cc1. The van der Waals surface area contributed by atoms with Gasteiger partial charge in [0.2, 0.25) is 5.91 Å². The van der Waals surface area contributed by atoms with Crippen LogP contribution in [-0.2, 0) is 11.3 Å². The molecule has 3 heterocycles. The molecule has 2 aromatic carbocycles. The van der Waals surface area contributed by atoms with E-state index in [1.54, 1.807) is 38.3 Å². The Morgan fingerprint density at radius 3 is 2.52 bits per heavy atom. The van der Waals surface area contributed by atoms with E-state index in [2.05, 4.69) is 10.3 Å². The highest BCUT2D eigenvalue weighted by atomic mass is 32.1. The van der Waals surface area contributed by atoms with Gasteiger partial charge in [0.15, 0.2) is 0 Å². The van der Waals surface area contributed by atoms with E-state index in [1.165, 1.54) is 15.9 Å². The van der Waals surface area contributed by atoms with Crippen LogP contribution in [0, 0.1) is 6.92 Å². The Labute approximate surface area is 193 Å². The molecule has 33 heavy (non-hydrogen) atoms. The maximum Gasteiger partial charge on any atom is 0.272 e. The number of ether oxygens (including phenoxy) is 1. The van der Waals surface area contributed by atoms with E-state index in [9.17, 15) is 9.59 Å². The number of hydrogen-bond acceptors (Lipinski definition) is 6. The summed E-state index contributed by atoms with van der Waals surface area (Å²) in [5, 5.41) is 3.64. The number of aromatic nitrogens is 3. The lowest BCUT2D eigenvalue weighted by atomic mass is 10.1. The maximum atomic E-state index is 13.3. The Hall–Kier alpha value is -4.04. The molecule has 3 aromatic heterocycles. The molecule has 1 amide bonds. The van der Waals surface area contributed by atoms with Crippen LogP contribution in [0.15, 0.2) is 71.5 Å². The summed E-state index contributed by atoms with van der Waals surface area (Å²) in [4.78, 5) is 36.0. The van der Waals surface area contributed by atoms with Crippen molar-refractivity contribution in [1.29, 1.82) is 0 Å². The van der Waals surface area contributed by atoms with Crippen LogP contribution in [0.4, 0.5) is 5.69 Å². The van der Waals surface area contributed by atoms with Crippen molar-refractivity contribution in [2.24, 2.45) is 0 Å². The van der Waals surface area contributed by atoms with E-state index in [4.69, 9.17) is 9.72 Å². The second-order valence-corrected chi connectivity index (χ2v) is 8.52. The number of carbonyl (C=O) groups is 1. The number of anilines is 1. The van der Waals surface area contributed by atoms with Crippen LogP contribution < -0.4 is 15.6 Å². The first-order chi connectivity index (χ1) is 16.0. The summed E-state index contributed by atoms with van der Waals surface area (Å²) in [6.07, 6.45) is 0. The van der Waals surface area contributed by atoms with Crippen LogP contribution in [0.25, 0.3) is 31.7 Å². The molecule has 0 saturated carbocycles. The molecule has 0 atom stereocenters. The molecule has 8 heteroatoms. The fourth-order valence-corrected chi connectivity index (χ4v) is 4.75. The number of rotatable bonds is 5. The zero-order valence-electron chi connectivity index (χ0n) is 18.0. The Morgan fingerprint density at radius 2 is 1.79 bits per heavy atom. The fraction of sp³-hybridized carbons (Fsp3) is 0.120.